The molecule has 1 saturated carbocycles. The van der Waals surface area contributed by atoms with Crippen molar-refractivity contribution in [2.75, 3.05) is 19.6 Å². The van der Waals surface area contributed by atoms with E-state index < -0.39 is 0 Å². The maximum atomic E-state index is 13.3. The first kappa shape index (κ1) is 15.7. The van der Waals surface area contributed by atoms with Gasteiger partial charge in [0, 0.05) is 31.9 Å². The number of H-pyrrole nitrogens is 1. The summed E-state index contributed by atoms with van der Waals surface area (Å²) >= 11 is 0. The van der Waals surface area contributed by atoms with Crippen LogP contribution in [-0.4, -0.2) is 57.5 Å². The number of nitrogens with zero attached hydrogens (tertiary/aromatic N) is 3. The second kappa shape index (κ2) is 6.22. The van der Waals surface area contributed by atoms with Gasteiger partial charge in [-0.25, -0.2) is 0 Å². The largest absolute Gasteiger partial charge is 0.339 e. The van der Waals surface area contributed by atoms with E-state index in [9.17, 15) is 9.59 Å². The molecule has 24 heavy (non-hydrogen) atoms. The average molecular weight is 330 g/mol. The van der Waals surface area contributed by atoms with E-state index in [4.69, 9.17) is 0 Å². The van der Waals surface area contributed by atoms with Gasteiger partial charge in [0.15, 0.2) is 0 Å². The monoisotopic (exact) mass is 330 g/mol. The van der Waals surface area contributed by atoms with E-state index in [0.717, 1.165) is 38.6 Å². The van der Waals surface area contributed by atoms with Crippen molar-refractivity contribution < 1.29 is 9.59 Å². The summed E-state index contributed by atoms with van der Waals surface area (Å²) in [6.45, 7) is 2.13. The SMILES string of the molecule is O=C(c1ccn[nH]1)N1CC[C@]2(CCCN(C3CCCCC3)C2=O)C1. The summed E-state index contributed by atoms with van der Waals surface area (Å²) in [7, 11) is 0. The summed E-state index contributed by atoms with van der Waals surface area (Å²) in [5.41, 5.74) is 0.171. The lowest BCUT2D eigenvalue weighted by atomic mass is 9.77. The van der Waals surface area contributed by atoms with Crippen LogP contribution in [-0.2, 0) is 4.79 Å². The minimum atomic E-state index is -0.342. The Kier molecular flexibility index (Phi) is 4.06. The van der Waals surface area contributed by atoms with E-state index in [-0.39, 0.29) is 11.3 Å². The number of aromatic amines is 1. The molecule has 2 amide bonds. The smallest absolute Gasteiger partial charge is 0.271 e. The van der Waals surface area contributed by atoms with Crippen LogP contribution in [0.25, 0.3) is 0 Å². The van der Waals surface area contributed by atoms with Gasteiger partial charge in [0.1, 0.15) is 5.69 Å². The van der Waals surface area contributed by atoms with Crippen molar-refractivity contribution in [3.05, 3.63) is 18.0 Å². The van der Waals surface area contributed by atoms with Gasteiger partial charge in [-0.15, -0.1) is 0 Å². The highest BCUT2D eigenvalue weighted by atomic mass is 16.2. The first-order chi connectivity index (χ1) is 11.7. The molecule has 4 rings (SSSR count). The molecule has 0 aromatic carbocycles. The molecule has 1 atom stereocenters. The number of rotatable bonds is 2. The van der Waals surface area contributed by atoms with Crippen LogP contribution < -0.4 is 0 Å². The first-order valence-electron chi connectivity index (χ1n) is 9.29. The molecule has 1 aliphatic carbocycles. The molecule has 1 aromatic heterocycles. The topological polar surface area (TPSA) is 69.3 Å². The van der Waals surface area contributed by atoms with Crippen LogP contribution in [0.4, 0.5) is 0 Å². The molecule has 0 bridgehead atoms. The predicted molar refractivity (Wildman–Crippen MR) is 89.4 cm³/mol. The fourth-order valence-electron chi connectivity index (χ4n) is 4.81. The van der Waals surface area contributed by atoms with Crippen molar-refractivity contribution in [1.29, 1.82) is 0 Å². The summed E-state index contributed by atoms with van der Waals surface area (Å²) in [5.74, 6) is 0.271. The average Bonchev–Trinajstić information content (AvgIpc) is 3.29. The van der Waals surface area contributed by atoms with Crippen molar-refractivity contribution in [3.63, 3.8) is 0 Å². The fourth-order valence-corrected chi connectivity index (χ4v) is 4.81. The molecule has 0 radical (unpaired) electrons. The Morgan fingerprint density at radius 1 is 1.17 bits per heavy atom. The Bertz CT molecular complexity index is 609. The van der Waals surface area contributed by atoms with Gasteiger partial charge in [-0.05, 0) is 38.2 Å². The molecular formula is C18H26N4O2. The summed E-state index contributed by atoms with van der Waals surface area (Å²) in [4.78, 5) is 29.8. The van der Waals surface area contributed by atoms with Crippen LogP contribution in [0.15, 0.2) is 12.3 Å². The van der Waals surface area contributed by atoms with Gasteiger partial charge in [-0.3, -0.25) is 14.7 Å². The summed E-state index contributed by atoms with van der Waals surface area (Å²) in [6.07, 6.45) is 10.5. The number of hydrogen-bond acceptors (Lipinski definition) is 3. The molecule has 0 unspecified atom stereocenters. The van der Waals surface area contributed by atoms with E-state index in [0.29, 0.717) is 30.7 Å². The van der Waals surface area contributed by atoms with Crippen LogP contribution in [0, 0.1) is 5.41 Å². The Morgan fingerprint density at radius 3 is 2.75 bits per heavy atom. The van der Waals surface area contributed by atoms with Crippen molar-refractivity contribution in [2.24, 2.45) is 5.41 Å². The Labute approximate surface area is 142 Å². The highest BCUT2D eigenvalue weighted by Gasteiger charge is 2.50. The zero-order valence-electron chi connectivity index (χ0n) is 14.2. The van der Waals surface area contributed by atoms with Crippen LogP contribution in [0.2, 0.25) is 0 Å². The van der Waals surface area contributed by atoms with E-state index in [1.807, 2.05) is 4.90 Å². The van der Waals surface area contributed by atoms with Crippen LogP contribution >= 0.6 is 0 Å². The quantitative estimate of drug-likeness (QED) is 0.904. The lowest BCUT2D eigenvalue weighted by molar-refractivity contribution is -0.149. The normalized spacial score (nSPS) is 28.8. The molecule has 1 N–H and O–H groups in total. The summed E-state index contributed by atoms with van der Waals surface area (Å²) in [5, 5.41) is 6.60. The molecule has 130 valence electrons. The van der Waals surface area contributed by atoms with Crippen molar-refractivity contribution >= 4 is 11.8 Å². The van der Waals surface area contributed by atoms with E-state index >= 15 is 0 Å². The van der Waals surface area contributed by atoms with Crippen molar-refractivity contribution in [3.8, 4) is 0 Å². The highest BCUT2D eigenvalue weighted by Crippen LogP contribution is 2.42. The number of aromatic nitrogens is 2. The Morgan fingerprint density at radius 2 is 2.00 bits per heavy atom. The molecule has 3 fully saturated rings. The maximum Gasteiger partial charge on any atom is 0.271 e. The van der Waals surface area contributed by atoms with Gasteiger partial charge < -0.3 is 9.80 Å². The third-order valence-corrected chi connectivity index (χ3v) is 6.16. The molecule has 6 nitrogen and oxygen atoms in total. The van der Waals surface area contributed by atoms with Gasteiger partial charge in [-0.1, -0.05) is 19.3 Å². The third-order valence-electron chi connectivity index (χ3n) is 6.16. The molecular weight excluding hydrogens is 304 g/mol. The Hall–Kier alpha value is -1.85. The zero-order valence-corrected chi connectivity index (χ0v) is 14.2. The lowest BCUT2D eigenvalue weighted by Crippen LogP contribution is -2.54. The third kappa shape index (κ3) is 2.62. The highest BCUT2D eigenvalue weighted by molar-refractivity contribution is 5.93. The maximum absolute atomic E-state index is 13.3. The number of piperidine rings is 1. The molecule has 6 heteroatoms. The number of carbonyl (C=O) groups is 2. The first-order valence-corrected chi connectivity index (χ1v) is 9.29. The summed E-state index contributed by atoms with van der Waals surface area (Å²) < 4.78 is 0. The minimum absolute atomic E-state index is 0.0352. The molecule has 1 aromatic rings. The lowest BCUT2D eigenvalue weighted by Gasteiger charge is -2.44. The van der Waals surface area contributed by atoms with Crippen molar-refractivity contribution in [2.45, 2.75) is 57.4 Å². The van der Waals surface area contributed by atoms with Gasteiger partial charge in [0.05, 0.1) is 5.41 Å². The fraction of sp³-hybridized carbons (Fsp3) is 0.722. The number of nitrogens with one attached hydrogen (secondary N) is 1. The molecule has 3 aliphatic rings. The van der Waals surface area contributed by atoms with Gasteiger partial charge in [0.25, 0.3) is 5.91 Å². The van der Waals surface area contributed by atoms with Crippen LogP contribution in [0.1, 0.15) is 61.9 Å². The van der Waals surface area contributed by atoms with Gasteiger partial charge in [-0.2, -0.15) is 5.10 Å². The second-order valence-corrected chi connectivity index (χ2v) is 7.62. The van der Waals surface area contributed by atoms with E-state index in [1.165, 1.54) is 19.3 Å². The number of amides is 2. The van der Waals surface area contributed by atoms with Crippen LogP contribution in [0.5, 0.6) is 0 Å². The number of carbonyl (C=O) groups excluding carboxylic acids is 2. The molecule has 2 saturated heterocycles. The number of likely N-dealkylation sites (tertiary alicyclic amines) is 2. The Balaban J connectivity index is 1.48. The van der Waals surface area contributed by atoms with E-state index in [1.54, 1.807) is 12.3 Å². The number of hydrogen-bond donors (Lipinski definition) is 1. The summed E-state index contributed by atoms with van der Waals surface area (Å²) in [6, 6.07) is 2.13. The van der Waals surface area contributed by atoms with E-state index in [2.05, 4.69) is 15.1 Å². The molecule has 2 aliphatic heterocycles. The van der Waals surface area contributed by atoms with Crippen LogP contribution in [0.3, 0.4) is 0 Å². The molecule has 3 heterocycles. The van der Waals surface area contributed by atoms with Gasteiger partial charge in [0.2, 0.25) is 5.91 Å². The second-order valence-electron chi connectivity index (χ2n) is 7.62. The minimum Gasteiger partial charge on any atom is -0.339 e. The van der Waals surface area contributed by atoms with Crippen molar-refractivity contribution in [1.82, 2.24) is 20.0 Å². The standard InChI is InChI=1S/C18H26N4O2/c23-16(15-7-10-19-20-15)21-12-9-18(13-21)8-4-11-22(17(18)24)14-5-2-1-3-6-14/h7,10,14H,1-6,8-9,11-13H2,(H,19,20)/t18-/m1/s1. The zero-order chi connectivity index (χ0) is 16.6. The predicted octanol–water partition coefficient (Wildman–Crippen LogP) is 2.20. The van der Waals surface area contributed by atoms with Gasteiger partial charge >= 0.3 is 0 Å². The molecule has 1 spiro atoms.